The first kappa shape index (κ1) is 12.1. The van der Waals surface area contributed by atoms with Crippen LogP contribution in [0.25, 0.3) is 0 Å². The lowest BCUT2D eigenvalue weighted by molar-refractivity contribution is 0.184. The molecule has 84 valence electrons. The number of nitrogens with two attached hydrogens (primary N) is 1. The zero-order chi connectivity index (χ0) is 11.3. The molecule has 0 fully saturated rings. The van der Waals surface area contributed by atoms with E-state index < -0.39 is 0 Å². The van der Waals surface area contributed by atoms with E-state index in [1.165, 1.54) is 5.56 Å². The number of hydrogen-bond acceptors (Lipinski definition) is 3. The van der Waals surface area contributed by atoms with Crippen molar-refractivity contribution in [2.75, 3.05) is 13.6 Å². The summed E-state index contributed by atoms with van der Waals surface area (Å²) in [5, 5.41) is 0. The van der Waals surface area contributed by atoms with Gasteiger partial charge in [-0.05, 0) is 38.1 Å². The number of likely N-dealkylation sites (N-methyl/N-ethyl adjacent to an activating group) is 1. The lowest BCUT2D eigenvalue weighted by atomic mass is 10.1. The highest BCUT2D eigenvalue weighted by Crippen LogP contribution is 2.20. The summed E-state index contributed by atoms with van der Waals surface area (Å²) in [7, 11) is 2.13. The van der Waals surface area contributed by atoms with Crippen LogP contribution in [0.2, 0.25) is 0 Å². The summed E-state index contributed by atoms with van der Waals surface area (Å²) in [5.74, 6) is 0. The van der Waals surface area contributed by atoms with Crippen molar-refractivity contribution in [3.63, 3.8) is 0 Å². The normalized spacial score (nSPS) is 15.3. The predicted molar refractivity (Wildman–Crippen MR) is 63.5 cm³/mol. The molecule has 0 saturated heterocycles. The molecule has 1 aromatic heterocycles. The zero-order valence-corrected chi connectivity index (χ0v) is 9.85. The molecule has 0 aliphatic carbocycles. The van der Waals surface area contributed by atoms with Gasteiger partial charge in [0.15, 0.2) is 0 Å². The van der Waals surface area contributed by atoms with Gasteiger partial charge in [0.2, 0.25) is 0 Å². The second-order valence-corrected chi connectivity index (χ2v) is 3.95. The first-order valence-electron chi connectivity index (χ1n) is 5.52. The van der Waals surface area contributed by atoms with Crippen LogP contribution in [0.4, 0.5) is 0 Å². The van der Waals surface area contributed by atoms with E-state index in [0.717, 1.165) is 6.42 Å². The van der Waals surface area contributed by atoms with Crippen LogP contribution in [0.3, 0.4) is 0 Å². The highest BCUT2D eigenvalue weighted by molar-refractivity contribution is 5.15. The van der Waals surface area contributed by atoms with Crippen molar-refractivity contribution in [2.45, 2.75) is 32.4 Å². The van der Waals surface area contributed by atoms with Crippen LogP contribution in [0.1, 0.15) is 31.9 Å². The van der Waals surface area contributed by atoms with Crippen molar-refractivity contribution in [1.82, 2.24) is 9.88 Å². The molecule has 1 aromatic rings. The fourth-order valence-corrected chi connectivity index (χ4v) is 1.72. The number of aromatic nitrogens is 1. The van der Waals surface area contributed by atoms with E-state index in [0.29, 0.717) is 18.6 Å². The van der Waals surface area contributed by atoms with Gasteiger partial charge in [0.1, 0.15) is 0 Å². The molecule has 2 atom stereocenters. The second kappa shape index (κ2) is 5.83. The van der Waals surface area contributed by atoms with Gasteiger partial charge in [0, 0.05) is 31.0 Å². The van der Waals surface area contributed by atoms with Crippen molar-refractivity contribution in [3.05, 3.63) is 30.1 Å². The maximum Gasteiger partial charge on any atom is 0.0471 e. The third-order valence-corrected chi connectivity index (χ3v) is 3.09. The molecule has 15 heavy (non-hydrogen) atoms. The van der Waals surface area contributed by atoms with Crippen LogP contribution in [0, 0.1) is 0 Å². The molecule has 3 nitrogen and oxygen atoms in total. The lowest BCUT2D eigenvalue weighted by Crippen LogP contribution is -2.36. The topological polar surface area (TPSA) is 42.1 Å². The molecule has 1 heterocycles. The quantitative estimate of drug-likeness (QED) is 0.800. The largest absolute Gasteiger partial charge is 0.329 e. The predicted octanol–water partition coefficient (Wildman–Crippen LogP) is 1.81. The average Bonchev–Trinajstić information content (AvgIpc) is 2.30. The van der Waals surface area contributed by atoms with Gasteiger partial charge >= 0.3 is 0 Å². The molecule has 0 radical (unpaired) electrons. The van der Waals surface area contributed by atoms with Crippen LogP contribution in [0.5, 0.6) is 0 Å². The first-order chi connectivity index (χ1) is 7.20. The Bertz CT molecular complexity index is 273. The van der Waals surface area contributed by atoms with E-state index in [-0.39, 0.29) is 0 Å². The van der Waals surface area contributed by atoms with Gasteiger partial charge in [-0.3, -0.25) is 9.88 Å². The van der Waals surface area contributed by atoms with E-state index in [4.69, 9.17) is 5.73 Å². The Morgan fingerprint density at radius 3 is 2.47 bits per heavy atom. The summed E-state index contributed by atoms with van der Waals surface area (Å²) >= 11 is 0. The van der Waals surface area contributed by atoms with Gasteiger partial charge < -0.3 is 5.73 Å². The molecule has 2 unspecified atom stereocenters. The van der Waals surface area contributed by atoms with Gasteiger partial charge in [-0.1, -0.05) is 6.92 Å². The third-order valence-electron chi connectivity index (χ3n) is 3.09. The van der Waals surface area contributed by atoms with Crippen molar-refractivity contribution in [2.24, 2.45) is 5.73 Å². The fourth-order valence-electron chi connectivity index (χ4n) is 1.72. The van der Waals surface area contributed by atoms with Crippen molar-refractivity contribution >= 4 is 0 Å². The Labute approximate surface area is 92.3 Å². The zero-order valence-electron chi connectivity index (χ0n) is 9.85. The fraction of sp³-hybridized carbons (Fsp3) is 0.583. The van der Waals surface area contributed by atoms with Crippen LogP contribution < -0.4 is 5.73 Å². The summed E-state index contributed by atoms with van der Waals surface area (Å²) in [5.41, 5.74) is 7.08. The van der Waals surface area contributed by atoms with E-state index in [9.17, 15) is 0 Å². The van der Waals surface area contributed by atoms with E-state index in [1.807, 2.05) is 24.5 Å². The minimum absolute atomic E-state index is 0.294. The van der Waals surface area contributed by atoms with Crippen LogP contribution in [0.15, 0.2) is 24.5 Å². The molecule has 0 bridgehead atoms. The van der Waals surface area contributed by atoms with Crippen LogP contribution in [-0.4, -0.2) is 29.5 Å². The molecule has 0 spiro atoms. The SMILES string of the molecule is CCC(C)N(C)C(CN)c1ccncc1. The lowest BCUT2D eigenvalue weighted by Gasteiger charge is -2.32. The van der Waals surface area contributed by atoms with Crippen LogP contribution >= 0.6 is 0 Å². The highest BCUT2D eigenvalue weighted by Gasteiger charge is 2.18. The molecule has 0 saturated carbocycles. The molecular weight excluding hydrogens is 186 g/mol. The number of nitrogens with zero attached hydrogens (tertiary/aromatic N) is 2. The van der Waals surface area contributed by atoms with E-state index in [1.54, 1.807) is 0 Å². The molecular formula is C12H21N3. The minimum Gasteiger partial charge on any atom is -0.329 e. The summed E-state index contributed by atoms with van der Waals surface area (Å²) in [4.78, 5) is 6.36. The molecule has 0 aromatic carbocycles. The highest BCUT2D eigenvalue weighted by atomic mass is 15.2. The Morgan fingerprint density at radius 1 is 1.40 bits per heavy atom. The maximum atomic E-state index is 5.84. The average molecular weight is 207 g/mol. The second-order valence-electron chi connectivity index (χ2n) is 3.95. The molecule has 1 rings (SSSR count). The number of hydrogen-bond donors (Lipinski definition) is 1. The van der Waals surface area contributed by atoms with Gasteiger partial charge in [0.25, 0.3) is 0 Å². The van der Waals surface area contributed by atoms with Crippen molar-refractivity contribution in [1.29, 1.82) is 0 Å². The van der Waals surface area contributed by atoms with E-state index >= 15 is 0 Å². The van der Waals surface area contributed by atoms with Gasteiger partial charge in [0.05, 0.1) is 0 Å². The molecule has 0 aliphatic rings. The molecule has 2 N–H and O–H groups in total. The van der Waals surface area contributed by atoms with Gasteiger partial charge in [-0.2, -0.15) is 0 Å². The standard InChI is InChI=1S/C12H21N3/c1-4-10(2)15(3)12(9-13)11-5-7-14-8-6-11/h5-8,10,12H,4,9,13H2,1-3H3. The number of rotatable bonds is 5. The molecule has 3 heteroatoms. The summed E-state index contributed by atoms with van der Waals surface area (Å²) in [6.45, 7) is 5.07. The summed E-state index contributed by atoms with van der Waals surface area (Å²) < 4.78 is 0. The Balaban J connectivity index is 2.80. The number of pyridine rings is 1. The Kier molecular flexibility index (Phi) is 4.72. The van der Waals surface area contributed by atoms with E-state index in [2.05, 4.69) is 30.8 Å². The van der Waals surface area contributed by atoms with Crippen LogP contribution in [-0.2, 0) is 0 Å². The third kappa shape index (κ3) is 3.01. The van der Waals surface area contributed by atoms with Gasteiger partial charge in [-0.25, -0.2) is 0 Å². The smallest absolute Gasteiger partial charge is 0.0471 e. The summed E-state index contributed by atoms with van der Waals surface area (Å²) in [6, 6.07) is 4.92. The molecule has 0 aliphatic heterocycles. The first-order valence-corrected chi connectivity index (χ1v) is 5.52. The minimum atomic E-state index is 0.294. The monoisotopic (exact) mass is 207 g/mol. The van der Waals surface area contributed by atoms with Crippen molar-refractivity contribution in [3.8, 4) is 0 Å². The maximum absolute atomic E-state index is 5.84. The Morgan fingerprint density at radius 2 is 2.00 bits per heavy atom. The summed E-state index contributed by atoms with van der Waals surface area (Å²) in [6.07, 6.45) is 4.78. The van der Waals surface area contributed by atoms with Gasteiger partial charge in [-0.15, -0.1) is 0 Å². The van der Waals surface area contributed by atoms with Crippen molar-refractivity contribution < 1.29 is 0 Å². The molecule has 0 amide bonds. The Hall–Kier alpha value is -0.930.